The summed E-state index contributed by atoms with van der Waals surface area (Å²) in [4.78, 5) is 26.3. The second kappa shape index (κ2) is 8.75. The SMILES string of the molecule is CC(C)CC(=O)N(C)C1CCC2(C)C(CCC3C2CCC2(C)C(c4ccc(=O)oc4)CCC32O)C1. The molecule has 0 aliphatic heterocycles. The fraction of sp³-hybridized carbons (Fsp3) is 0.800. The van der Waals surface area contributed by atoms with Gasteiger partial charge in [0, 0.05) is 31.0 Å². The number of nitrogens with zero attached hydrogens (tertiary/aromatic N) is 1. The van der Waals surface area contributed by atoms with Crippen LogP contribution in [0.4, 0.5) is 0 Å². The molecule has 1 aromatic rings. The van der Waals surface area contributed by atoms with Crippen molar-refractivity contribution in [2.24, 2.45) is 34.5 Å². The molecule has 1 heterocycles. The lowest BCUT2D eigenvalue weighted by Gasteiger charge is -2.64. The van der Waals surface area contributed by atoms with E-state index in [-0.39, 0.29) is 22.4 Å². The number of amides is 1. The summed E-state index contributed by atoms with van der Waals surface area (Å²) in [5.74, 6) is 2.43. The van der Waals surface area contributed by atoms with Crippen molar-refractivity contribution in [1.29, 1.82) is 0 Å². The standard InChI is InChI=1S/C30H45NO4/c1-19(2)16-26(32)31(5)22-10-13-28(3)21(17-22)7-8-25-24(28)11-14-29(4)23(12-15-30(25,29)34)20-6-9-27(33)35-18-20/h6,9,18-19,21-25,34H,7-8,10-17H2,1-5H3. The number of fused-ring (bicyclic) bond motifs is 5. The van der Waals surface area contributed by atoms with Crippen LogP contribution in [0.1, 0.15) is 103 Å². The zero-order valence-corrected chi connectivity index (χ0v) is 22.4. The summed E-state index contributed by atoms with van der Waals surface area (Å²) in [7, 11) is 2.02. The van der Waals surface area contributed by atoms with Crippen LogP contribution in [0.2, 0.25) is 0 Å². The van der Waals surface area contributed by atoms with Crippen molar-refractivity contribution in [2.75, 3.05) is 7.05 Å². The molecule has 4 aliphatic carbocycles. The molecule has 8 unspecified atom stereocenters. The molecule has 1 amide bonds. The van der Waals surface area contributed by atoms with Crippen molar-refractivity contribution in [2.45, 2.75) is 109 Å². The molecule has 8 atom stereocenters. The van der Waals surface area contributed by atoms with Crippen molar-refractivity contribution in [3.63, 3.8) is 0 Å². The van der Waals surface area contributed by atoms with Gasteiger partial charge in [0.05, 0.1) is 11.9 Å². The quantitative estimate of drug-likeness (QED) is 0.592. The van der Waals surface area contributed by atoms with E-state index < -0.39 is 5.60 Å². The highest BCUT2D eigenvalue weighted by Gasteiger charge is 2.67. The Labute approximate surface area is 210 Å². The third-order valence-corrected chi connectivity index (χ3v) is 11.5. The van der Waals surface area contributed by atoms with Gasteiger partial charge in [0.15, 0.2) is 0 Å². The molecule has 0 saturated heterocycles. The molecule has 0 spiro atoms. The van der Waals surface area contributed by atoms with Crippen molar-refractivity contribution >= 4 is 5.91 Å². The van der Waals surface area contributed by atoms with E-state index in [1.807, 2.05) is 13.1 Å². The maximum absolute atomic E-state index is 12.8. The highest BCUT2D eigenvalue weighted by atomic mass is 16.4. The van der Waals surface area contributed by atoms with Crippen molar-refractivity contribution in [1.82, 2.24) is 4.90 Å². The lowest BCUT2D eigenvalue weighted by atomic mass is 9.43. The maximum atomic E-state index is 12.8. The number of aliphatic hydroxyl groups is 1. The van der Waals surface area contributed by atoms with E-state index in [9.17, 15) is 14.7 Å². The summed E-state index contributed by atoms with van der Waals surface area (Å²) >= 11 is 0. The molecule has 0 radical (unpaired) electrons. The molecule has 35 heavy (non-hydrogen) atoms. The zero-order chi connectivity index (χ0) is 25.2. The Morgan fingerprint density at radius 1 is 1.09 bits per heavy atom. The predicted molar refractivity (Wildman–Crippen MR) is 137 cm³/mol. The highest BCUT2D eigenvalue weighted by molar-refractivity contribution is 5.76. The van der Waals surface area contributed by atoms with Crippen LogP contribution in [0.15, 0.2) is 27.6 Å². The van der Waals surface area contributed by atoms with Crippen LogP contribution >= 0.6 is 0 Å². The predicted octanol–water partition coefficient (Wildman–Crippen LogP) is 5.75. The molecule has 4 fully saturated rings. The van der Waals surface area contributed by atoms with E-state index in [4.69, 9.17) is 4.42 Å². The van der Waals surface area contributed by atoms with Crippen LogP contribution in [-0.4, -0.2) is 34.6 Å². The number of carbonyl (C=O) groups excluding carboxylic acids is 1. The Kier molecular flexibility index (Phi) is 6.26. The van der Waals surface area contributed by atoms with Gasteiger partial charge in [-0.2, -0.15) is 0 Å². The number of hydrogen-bond donors (Lipinski definition) is 1. The Balaban J connectivity index is 1.35. The molecule has 5 nitrogen and oxygen atoms in total. The van der Waals surface area contributed by atoms with E-state index in [1.54, 1.807) is 6.26 Å². The minimum absolute atomic E-state index is 0.183. The van der Waals surface area contributed by atoms with Gasteiger partial charge in [0.2, 0.25) is 5.91 Å². The number of carbonyl (C=O) groups is 1. The van der Waals surface area contributed by atoms with Crippen molar-refractivity contribution in [3.8, 4) is 0 Å². The second-order valence-electron chi connectivity index (χ2n) is 13.4. The summed E-state index contributed by atoms with van der Waals surface area (Å²) < 4.78 is 5.22. The first kappa shape index (κ1) is 25.0. The van der Waals surface area contributed by atoms with E-state index in [2.05, 4.69) is 32.6 Å². The molecule has 1 N–H and O–H groups in total. The monoisotopic (exact) mass is 483 g/mol. The molecule has 194 valence electrons. The van der Waals surface area contributed by atoms with Crippen LogP contribution in [0.25, 0.3) is 0 Å². The first-order chi connectivity index (χ1) is 16.5. The minimum Gasteiger partial charge on any atom is -0.431 e. The first-order valence-electron chi connectivity index (χ1n) is 14.1. The molecule has 4 saturated carbocycles. The first-order valence-corrected chi connectivity index (χ1v) is 14.1. The van der Waals surface area contributed by atoms with Crippen LogP contribution in [0.3, 0.4) is 0 Å². The normalized spacial score (nSPS) is 42.8. The molecule has 4 aliphatic rings. The smallest absolute Gasteiger partial charge is 0.335 e. The summed E-state index contributed by atoms with van der Waals surface area (Å²) in [6.07, 6.45) is 11.8. The molecular weight excluding hydrogens is 438 g/mol. The molecular formula is C30H45NO4. The van der Waals surface area contributed by atoms with Gasteiger partial charge in [-0.1, -0.05) is 27.7 Å². The maximum Gasteiger partial charge on any atom is 0.335 e. The average molecular weight is 484 g/mol. The second-order valence-corrected chi connectivity index (χ2v) is 13.4. The molecule has 5 heteroatoms. The van der Waals surface area contributed by atoms with Gasteiger partial charge in [-0.15, -0.1) is 0 Å². The summed E-state index contributed by atoms with van der Waals surface area (Å²) in [5, 5.41) is 12.4. The summed E-state index contributed by atoms with van der Waals surface area (Å²) in [6.45, 7) is 9.04. The molecule has 0 aromatic carbocycles. The van der Waals surface area contributed by atoms with Gasteiger partial charge in [-0.3, -0.25) is 4.79 Å². The molecule has 5 rings (SSSR count). The fourth-order valence-corrected chi connectivity index (χ4v) is 9.35. The summed E-state index contributed by atoms with van der Waals surface area (Å²) in [5.41, 5.74) is 0.157. The highest BCUT2D eigenvalue weighted by Crippen LogP contribution is 2.70. The van der Waals surface area contributed by atoms with Crippen LogP contribution in [-0.2, 0) is 4.79 Å². The third kappa shape index (κ3) is 3.83. The number of rotatable bonds is 4. The topological polar surface area (TPSA) is 70.8 Å². The molecule has 1 aromatic heterocycles. The van der Waals surface area contributed by atoms with Crippen molar-refractivity contribution < 1.29 is 14.3 Å². The lowest BCUT2D eigenvalue weighted by molar-refractivity contribution is -0.203. The Hall–Kier alpha value is -1.62. The molecule has 0 bridgehead atoms. The van der Waals surface area contributed by atoms with Crippen LogP contribution < -0.4 is 5.63 Å². The van der Waals surface area contributed by atoms with E-state index in [0.717, 1.165) is 63.4 Å². The largest absolute Gasteiger partial charge is 0.431 e. The van der Waals surface area contributed by atoms with Crippen LogP contribution in [0, 0.1) is 34.5 Å². The fourth-order valence-electron chi connectivity index (χ4n) is 9.35. The third-order valence-electron chi connectivity index (χ3n) is 11.5. The minimum atomic E-state index is -0.661. The summed E-state index contributed by atoms with van der Waals surface area (Å²) in [6, 6.07) is 3.79. The Morgan fingerprint density at radius 2 is 1.86 bits per heavy atom. The van der Waals surface area contributed by atoms with Crippen molar-refractivity contribution in [3.05, 3.63) is 34.4 Å². The zero-order valence-electron chi connectivity index (χ0n) is 22.4. The van der Waals surface area contributed by atoms with E-state index in [1.165, 1.54) is 6.07 Å². The lowest BCUT2D eigenvalue weighted by Crippen LogP contribution is -2.62. The van der Waals surface area contributed by atoms with Gasteiger partial charge in [0.1, 0.15) is 0 Å². The van der Waals surface area contributed by atoms with E-state index in [0.29, 0.717) is 42.0 Å². The van der Waals surface area contributed by atoms with Gasteiger partial charge in [-0.25, -0.2) is 4.79 Å². The van der Waals surface area contributed by atoms with Crippen LogP contribution in [0.5, 0.6) is 0 Å². The Morgan fingerprint density at radius 3 is 2.54 bits per heavy atom. The van der Waals surface area contributed by atoms with E-state index >= 15 is 0 Å². The number of hydrogen-bond acceptors (Lipinski definition) is 4. The van der Waals surface area contributed by atoms with Gasteiger partial charge >= 0.3 is 5.63 Å². The van der Waals surface area contributed by atoms with Gasteiger partial charge < -0.3 is 14.4 Å². The van der Waals surface area contributed by atoms with Gasteiger partial charge in [-0.05, 0) is 104 Å². The van der Waals surface area contributed by atoms with Gasteiger partial charge in [0.25, 0.3) is 0 Å². The Bertz CT molecular complexity index is 997. The average Bonchev–Trinajstić information content (AvgIpc) is 3.09.